The third kappa shape index (κ3) is 1.31. The lowest BCUT2D eigenvalue weighted by atomic mass is 10.1. The summed E-state index contributed by atoms with van der Waals surface area (Å²) in [7, 11) is 0. The Bertz CT molecular complexity index is 459. The van der Waals surface area contributed by atoms with Crippen LogP contribution in [-0.2, 0) is 0 Å². The van der Waals surface area contributed by atoms with Crippen molar-refractivity contribution in [3.05, 3.63) is 34.9 Å². The second kappa shape index (κ2) is 3.41. The third-order valence-corrected chi connectivity index (χ3v) is 2.62. The Balaban J connectivity index is 2.54. The zero-order valence-corrected chi connectivity index (χ0v) is 8.40. The number of carbonyl (C=O) groups excluding carboxylic acids is 1. The SMILES string of the molecule is C#Cc1ccc2c(c1)C(O)N(CC)C2=O. The van der Waals surface area contributed by atoms with E-state index < -0.39 is 6.23 Å². The number of amides is 1. The molecule has 0 fully saturated rings. The van der Waals surface area contributed by atoms with Gasteiger partial charge in [-0.25, -0.2) is 0 Å². The van der Waals surface area contributed by atoms with Crippen LogP contribution in [0.15, 0.2) is 18.2 Å². The van der Waals surface area contributed by atoms with E-state index >= 15 is 0 Å². The Labute approximate surface area is 88.3 Å². The fourth-order valence-electron chi connectivity index (χ4n) is 1.81. The first kappa shape index (κ1) is 9.75. The van der Waals surface area contributed by atoms with Gasteiger partial charge in [0.25, 0.3) is 5.91 Å². The molecule has 76 valence electrons. The number of carbonyl (C=O) groups is 1. The molecule has 0 spiro atoms. The molecular formula is C12H11NO2. The largest absolute Gasteiger partial charge is 0.369 e. The summed E-state index contributed by atoms with van der Waals surface area (Å²) in [4.78, 5) is 13.2. The lowest BCUT2D eigenvalue weighted by Crippen LogP contribution is -2.27. The molecule has 0 aliphatic carbocycles. The van der Waals surface area contributed by atoms with E-state index in [1.807, 2.05) is 6.92 Å². The summed E-state index contributed by atoms with van der Waals surface area (Å²) in [6, 6.07) is 5.07. The van der Waals surface area contributed by atoms with Gasteiger partial charge in [-0.2, -0.15) is 0 Å². The molecule has 1 N–H and O–H groups in total. The molecule has 1 aromatic rings. The molecule has 15 heavy (non-hydrogen) atoms. The monoisotopic (exact) mass is 201 g/mol. The van der Waals surface area contributed by atoms with Crippen molar-refractivity contribution < 1.29 is 9.90 Å². The minimum absolute atomic E-state index is 0.136. The maximum absolute atomic E-state index is 11.8. The van der Waals surface area contributed by atoms with Gasteiger partial charge >= 0.3 is 0 Å². The summed E-state index contributed by atoms with van der Waals surface area (Å²) in [6.07, 6.45) is 4.41. The molecule has 0 radical (unpaired) electrons. The van der Waals surface area contributed by atoms with Gasteiger partial charge in [-0.15, -0.1) is 6.42 Å². The van der Waals surface area contributed by atoms with Crippen molar-refractivity contribution in [1.82, 2.24) is 4.90 Å². The maximum atomic E-state index is 11.8. The highest BCUT2D eigenvalue weighted by atomic mass is 16.3. The zero-order valence-electron chi connectivity index (χ0n) is 8.40. The molecule has 2 rings (SSSR count). The lowest BCUT2D eigenvalue weighted by Gasteiger charge is -2.17. The number of terminal acetylenes is 1. The molecule has 1 aliphatic rings. The second-order valence-electron chi connectivity index (χ2n) is 3.41. The highest BCUT2D eigenvalue weighted by Crippen LogP contribution is 2.31. The van der Waals surface area contributed by atoms with Crippen LogP contribution in [0.5, 0.6) is 0 Å². The van der Waals surface area contributed by atoms with Crippen LogP contribution < -0.4 is 0 Å². The molecule has 1 aromatic carbocycles. The van der Waals surface area contributed by atoms with Gasteiger partial charge in [-0.05, 0) is 25.1 Å². The molecule has 0 saturated carbocycles. The Morgan fingerprint density at radius 2 is 2.33 bits per heavy atom. The van der Waals surface area contributed by atoms with E-state index in [0.717, 1.165) is 0 Å². The van der Waals surface area contributed by atoms with Crippen LogP contribution in [0, 0.1) is 12.3 Å². The van der Waals surface area contributed by atoms with E-state index in [4.69, 9.17) is 6.42 Å². The molecule has 1 atom stereocenters. The highest BCUT2D eigenvalue weighted by Gasteiger charge is 2.34. The van der Waals surface area contributed by atoms with Gasteiger partial charge in [-0.1, -0.05) is 5.92 Å². The van der Waals surface area contributed by atoms with Crippen molar-refractivity contribution in [2.75, 3.05) is 6.54 Å². The Hall–Kier alpha value is -1.79. The average Bonchev–Trinajstić information content (AvgIpc) is 2.51. The van der Waals surface area contributed by atoms with Crippen molar-refractivity contribution in [1.29, 1.82) is 0 Å². The van der Waals surface area contributed by atoms with Gasteiger partial charge in [-0.3, -0.25) is 4.79 Å². The predicted molar refractivity (Wildman–Crippen MR) is 56.0 cm³/mol. The molecule has 0 aromatic heterocycles. The number of benzene rings is 1. The molecule has 1 aliphatic heterocycles. The van der Waals surface area contributed by atoms with E-state index in [-0.39, 0.29) is 5.91 Å². The molecule has 3 nitrogen and oxygen atoms in total. The van der Waals surface area contributed by atoms with Crippen molar-refractivity contribution in [3.8, 4) is 12.3 Å². The topological polar surface area (TPSA) is 40.5 Å². The first-order valence-electron chi connectivity index (χ1n) is 4.78. The predicted octanol–water partition coefficient (Wildman–Crippen LogP) is 1.13. The maximum Gasteiger partial charge on any atom is 0.256 e. The van der Waals surface area contributed by atoms with Gasteiger partial charge < -0.3 is 10.0 Å². The number of rotatable bonds is 1. The van der Waals surface area contributed by atoms with Gasteiger partial charge in [0, 0.05) is 23.2 Å². The van der Waals surface area contributed by atoms with Crippen LogP contribution in [-0.4, -0.2) is 22.5 Å². The van der Waals surface area contributed by atoms with Crippen LogP contribution in [0.4, 0.5) is 0 Å². The van der Waals surface area contributed by atoms with E-state index in [2.05, 4.69) is 5.92 Å². The Morgan fingerprint density at radius 1 is 1.60 bits per heavy atom. The summed E-state index contributed by atoms with van der Waals surface area (Å²) in [5.41, 5.74) is 1.83. The van der Waals surface area contributed by atoms with Crippen molar-refractivity contribution in [2.24, 2.45) is 0 Å². The Kier molecular flexibility index (Phi) is 2.22. The highest BCUT2D eigenvalue weighted by molar-refractivity contribution is 5.99. The Morgan fingerprint density at radius 3 is 2.93 bits per heavy atom. The number of fused-ring (bicyclic) bond motifs is 1. The van der Waals surface area contributed by atoms with E-state index in [0.29, 0.717) is 23.2 Å². The first-order chi connectivity index (χ1) is 7.19. The van der Waals surface area contributed by atoms with Crippen LogP contribution in [0.1, 0.15) is 34.6 Å². The van der Waals surface area contributed by atoms with Crippen LogP contribution >= 0.6 is 0 Å². The molecular weight excluding hydrogens is 190 g/mol. The fourth-order valence-corrected chi connectivity index (χ4v) is 1.81. The summed E-state index contributed by atoms with van der Waals surface area (Å²) in [5.74, 6) is 2.35. The van der Waals surface area contributed by atoms with Crippen molar-refractivity contribution in [3.63, 3.8) is 0 Å². The summed E-state index contributed by atoms with van der Waals surface area (Å²) < 4.78 is 0. The third-order valence-electron chi connectivity index (χ3n) is 2.62. The van der Waals surface area contributed by atoms with Gasteiger partial charge in [0.2, 0.25) is 0 Å². The number of nitrogens with zero attached hydrogens (tertiary/aromatic N) is 1. The van der Waals surface area contributed by atoms with Crippen molar-refractivity contribution >= 4 is 5.91 Å². The second-order valence-corrected chi connectivity index (χ2v) is 3.41. The van der Waals surface area contributed by atoms with Gasteiger partial charge in [0.1, 0.15) is 0 Å². The number of aliphatic hydroxyl groups is 1. The van der Waals surface area contributed by atoms with Crippen LogP contribution in [0.2, 0.25) is 0 Å². The lowest BCUT2D eigenvalue weighted by molar-refractivity contribution is 0.0203. The number of aliphatic hydroxyl groups excluding tert-OH is 1. The van der Waals surface area contributed by atoms with Gasteiger partial charge in [0.15, 0.2) is 6.23 Å². The normalized spacial score (nSPS) is 18.9. The molecule has 3 heteroatoms. The van der Waals surface area contributed by atoms with E-state index in [9.17, 15) is 9.90 Å². The van der Waals surface area contributed by atoms with E-state index in [1.54, 1.807) is 18.2 Å². The summed E-state index contributed by atoms with van der Waals surface area (Å²) in [6.45, 7) is 2.31. The first-order valence-corrected chi connectivity index (χ1v) is 4.78. The van der Waals surface area contributed by atoms with Crippen LogP contribution in [0.3, 0.4) is 0 Å². The van der Waals surface area contributed by atoms with E-state index in [1.165, 1.54) is 4.90 Å². The minimum atomic E-state index is -0.856. The number of hydrogen-bond donors (Lipinski definition) is 1. The molecule has 0 saturated heterocycles. The summed E-state index contributed by atoms with van der Waals surface area (Å²) >= 11 is 0. The van der Waals surface area contributed by atoms with Crippen molar-refractivity contribution in [2.45, 2.75) is 13.2 Å². The van der Waals surface area contributed by atoms with Crippen LogP contribution in [0.25, 0.3) is 0 Å². The van der Waals surface area contributed by atoms with Gasteiger partial charge in [0.05, 0.1) is 0 Å². The molecule has 1 heterocycles. The fraction of sp³-hybridized carbons (Fsp3) is 0.250. The molecule has 1 amide bonds. The quantitative estimate of drug-likeness (QED) is 0.692. The zero-order chi connectivity index (χ0) is 11.0. The smallest absolute Gasteiger partial charge is 0.256 e. The number of hydrogen-bond acceptors (Lipinski definition) is 2. The average molecular weight is 201 g/mol. The molecule has 0 bridgehead atoms. The summed E-state index contributed by atoms with van der Waals surface area (Å²) in [5, 5.41) is 9.87. The minimum Gasteiger partial charge on any atom is -0.369 e. The standard InChI is InChI=1S/C12H11NO2/c1-3-8-5-6-9-10(7-8)12(15)13(4-2)11(9)14/h1,5-7,12,15H,4H2,2H3. The molecule has 1 unspecified atom stereocenters.